The van der Waals surface area contributed by atoms with Gasteiger partial charge in [0, 0.05) is 6.54 Å². The third-order valence-electron chi connectivity index (χ3n) is 0.819. The topological polar surface area (TPSA) is 58.5 Å². The Kier molecular flexibility index (Phi) is 1.32. The number of urea groups is 1. The number of carbonyl (C=O) groups is 1. The van der Waals surface area contributed by atoms with E-state index in [1.165, 1.54) is 5.12 Å². The molecule has 1 aliphatic heterocycles. The predicted octanol–water partition coefficient (Wildman–Crippen LogP) is -1.03. The normalized spacial score (nSPS) is 20.4. The Labute approximate surface area is 46.9 Å². The molecular formula is C3H7N4O. The number of nitrogens with one attached hydrogen (secondary N) is 2. The Balaban J connectivity index is 2.32. The predicted molar refractivity (Wildman–Crippen MR) is 26.2 cm³/mol. The molecule has 0 atom stereocenters. The molecule has 0 spiro atoms. The second-order valence-electron chi connectivity index (χ2n) is 1.37. The van der Waals surface area contributed by atoms with E-state index in [2.05, 4.69) is 16.4 Å². The van der Waals surface area contributed by atoms with Gasteiger partial charge in [-0.3, -0.25) is 5.43 Å². The third kappa shape index (κ3) is 0.877. The average Bonchev–Trinajstić information content (AvgIpc) is 2.14. The molecule has 0 aromatic rings. The van der Waals surface area contributed by atoms with Crippen LogP contribution in [0.2, 0.25) is 0 Å². The van der Waals surface area contributed by atoms with Gasteiger partial charge in [-0.25, -0.2) is 4.79 Å². The van der Waals surface area contributed by atoms with Gasteiger partial charge in [-0.15, -0.1) is 16.1 Å². The van der Waals surface area contributed by atoms with Crippen LogP contribution < -0.4 is 16.4 Å². The first-order valence-corrected chi connectivity index (χ1v) is 2.37. The highest BCUT2D eigenvalue weighted by Gasteiger charge is 2.15. The molecule has 5 nitrogen and oxygen atoms in total. The molecule has 0 aliphatic carbocycles. The highest BCUT2D eigenvalue weighted by Crippen LogP contribution is 1.79. The Bertz CT molecular complexity index is 103. The lowest BCUT2D eigenvalue weighted by Gasteiger charge is -2.06. The van der Waals surface area contributed by atoms with Crippen LogP contribution in [0.15, 0.2) is 0 Å². The van der Waals surface area contributed by atoms with E-state index < -0.39 is 0 Å². The summed E-state index contributed by atoms with van der Waals surface area (Å²) >= 11 is 0. The molecular weight excluding hydrogens is 108 g/mol. The molecule has 1 saturated heterocycles. The maximum atomic E-state index is 10.2. The molecule has 1 rings (SSSR count). The van der Waals surface area contributed by atoms with Gasteiger partial charge in [-0.05, 0) is 6.92 Å². The molecule has 1 heterocycles. The summed E-state index contributed by atoms with van der Waals surface area (Å²) in [5, 5.41) is 1.49. The minimum Gasteiger partial charge on any atom is -0.253 e. The molecule has 5 heteroatoms. The number of hydrogen-bond donors (Lipinski definition) is 2. The lowest BCUT2D eigenvalue weighted by molar-refractivity contribution is 0.179. The molecule has 1 fully saturated rings. The van der Waals surface area contributed by atoms with Crippen molar-refractivity contribution in [1.82, 2.24) is 21.5 Å². The van der Waals surface area contributed by atoms with Crippen molar-refractivity contribution in [1.29, 1.82) is 0 Å². The fourth-order valence-electron chi connectivity index (χ4n) is 0.421. The summed E-state index contributed by atoms with van der Waals surface area (Å²) in [7, 11) is 0. The zero-order chi connectivity index (χ0) is 5.98. The van der Waals surface area contributed by atoms with Gasteiger partial charge < -0.3 is 0 Å². The molecule has 0 saturated carbocycles. The summed E-state index contributed by atoms with van der Waals surface area (Å²) < 4.78 is 0. The quantitative estimate of drug-likeness (QED) is 0.459. The first-order valence-electron chi connectivity index (χ1n) is 2.37. The molecule has 0 bridgehead atoms. The third-order valence-corrected chi connectivity index (χ3v) is 0.819. The Morgan fingerprint density at radius 1 is 1.88 bits per heavy atom. The van der Waals surface area contributed by atoms with Crippen molar-refractivity contribution in [3.63, 3.8) is 0 Å². The van der Waals surface area contributed by atoms with Crippen molar-refractivity contribution in [3.8, 4) is 0 Å². The van der Waals surface area contributed by atoms with Gasteiger partial charge in [0.25, 0.3) is 0 Å². The highest BCUT2D eigenvalue weighted by atomic mass is 16.2. The number of rotatable bonds is 1. The van der Waals surface area contributed by atoms with Crippen molar-refractivity contribution >= 4 is 6.03 Å². The molecule has 45 valence electrons. The average molecular weight is 115 g/mol. The van der Waals surface area contributed by atoms with E-state index in [4.69, 9.17) is 0 Å². The maximum Gasteiger partial charge on any atom is 0.369 e. The standard InChI is InChI=1S/C3H7N4O/c1-2-7-5-3(8)4-6-7/h6H,2H2,1H3,(H,5,8). The second kappa shape index (κ2) is 1.97. The molecule has 0 aromatic carbocycles. The number of hydrogen-bond acceptors (Lipinski definition) is 3. The van der Waals surface area contributed by atoms with Crippen LogP contribution in [0.5, 0.6) is 0 Å². The largest absolute Gasteiger partial charge is 0.369 e. The summed E-state index contributed by atoms with van der Waals surface area (Å²) in [4.78, 5) is 10.2. The Morgan fingerprint density at radius 2 is 2.62 bits per heavy atom. The molecule has 1 aliphatic rings. The van der Waals surface area contributed by atoms with Crippen molar-refractivity contribution in [2.45, 2.75) is 6.92 Å². The van der Waals surface area contributed by atoms with Crippen LogP contribution in [0.3, 0.4) is 0 Å². The summed E-state index contributed by atoms with van der Waals surface area (Å²) in [6, 6.07) is -0.341. The monoisotopic (exact) mass is 115 g/mol. The van der Waals surface area contributed by atoms with E-state index in [1.54, 1.807) is 0 Å². The second-order valence-corrected chi connectivity index (χ2v) is 1.37. The van der Waals surface area contributed by atoms with Crippen molar-refractivity contribution in [2.75, 3.05) is 6.54 Å². The summed E-state index contributed by atoms with van der Waals surface area (Å²) in [6.45, 7) is 2.60. The lowest BCUT2D eigenvalue weighted by atomic mass is 10.8. The Morgan fingerprint density at radius 3 is 2.88 bits per heavy atom. The molecule has 2 N–H and O–H groups in total. The summed E-state index contributed by atoms with van der Waals surface area (Å²) in [5.41, 5.74) is 8.19. The maximum absolute atomic E-state index is 10.2. The van der Waals surface area contributed by atoms with Crippen molar-refractivity contribution in [2.24, 2.45) is 0 Å². The van der Waals surface area contributed by atoms with Crippen LogP contribution in [-0.2, 0) is 0 Å². The first kappa shape index (κ1) is 5.33. The molecule has 0 unspecified atom stereocenters. The molecule has 1 radical (unpaired) electrons. The van der Waals surface area contributed by atoms with Crippen LogP contribution in [0.4, 0.5) is 4.79 Å². The number of amides is 2. The van der Waals surface area contributed by atoms with Gasteiger partial charge in [-0.2, -0.15) is 0 Å². The van der Waals surface area contributed by atoms with Gasteiger partial charge in [-0.1, -0.05) is 0 Å². The fraction of sp³-hybridized carbons (Fsp3) is 0.667. The van der Waals surface area contributed by atoms with Crippen LogP contribution >= 0.6 is 0 Å². The SMILES string of the molecule is CCN1N[N]C(=O)N1. The fourth-order valence-corrected chi connectivity index (χ4v) is 0.421. The number of hydrazine groups is 2. The van der Waals surface area contributed by atoms with E-state index in [9.17, 15) is 4.79 Å². The van der Waals surface area contributed by atoms with Gasteiger partial charge in [0.15, 0.2) is 0 Å². The zero-order valence-corrected chi connectivity index (χ0v) is 4.51. The van der Waals surface area contributed by atoms with Gasteiger partial charge in [0.1, 0.15) is 0 Å². The van der Waals surface area contributed by atoms with E-state index >= 15 is 0 Å². The van der Waals surface area contributed by atoms with Crippen LogP contribution in [0, 0.1) is 0 Å². The minimum absolute atomic E-state index is 0.341. The lowest BCUT2D eigenvalue weighted by Crippen LogP contribution is -2.38. The molecule has 8 heavy (non-hydrogen) atoms. The summed E-state index contributed by atoms with van der Waals surface area (Å²) in [5.74, 6) is 0. The van der Waals surface area contributed by atoms with Gasteiger partial charge in [0.05, 0.1) is 0 Å². The summed E-state index contributed by atoms with van der Waals surface area (Å²) in [6.07, 6.45) is 0. The van der Waals surface area contributed by atoms with E-state index in [1.807, 2.05) is 6.92 Å². The Hall–Kier alpha value is -0.810. The molecule has 0 aromatic heterocycles. The van der Waals surface area contributed by atoms with Crippen LogP contribution in [0.1, 0.15) is 6.92 Å². The van der Waals surface area contributed by atoms with E-state index in [-0.39, 0.29) is 6.03 Å². The van der Waals surface area contributed by atoms with E-state index in [0.29, 0.717) is 6.54 Å². The minimum atomic E-state index is -0.341. The number of carbonyl (C=O) groups excluding carboxylic acids is 1. The highest BCUT2D eigenvalue weighted by molar-refractivity contribution is 5.73. The van der Waals surface area contributed by atoms with Crippen molar-refractivity contribution in [3.05, 3.63) is 0 Å². The van der Waals surface area contributed by atoms with Gasteiger partial charge in [0.2, 0.25) is 0 Å². The first-order chi connectivity index (χ1) is 3.83. The number of nitrogens with zero attached hydrogens (tertiary/aromatic N) is 2. The molecule has 2 amide bonds. The van der Waals surface area contributed by atoms with Crippen LogP contribution in [-0.4, -0.2) is 17.7 Å². The van der Waals surface area contributed by atoms with Gasteiger partial charge >= 0.3 is 6.03 Å². The smallest absolute Gasteiger partial charge is 0.253 e. The van der Waals surface area contributed by atoms with E-state index in [0.717, 1.165) is 0 Å². The van der Waals surface area contributed by atoms with Crippen molar-refractivity contribution < 1.29 is 4.79 Å². The zero-order valence-electron chi connectivity index (χ0n) is 4.51. The van der Waals surface area contributed by atoms with Crippen LogP contribution in [0.25, 0.3) is 0 Å².